The summed E-state index contributed by atoms with van der Waals surface area (Å²) in [6.45, 7) is 7.59. The summed E-state index contributed by atoms with van der Waals surface area (Å²) in [6.07, 6.45) is 4.44. The number of nitrogens with one attached hydrogen (secondary N) is 4. The maximum Gasteiger partial charge on any atom is 0.243 e. The lowest BCUT2D eigenvalue weighted by molar-refractivity contribution is -0.133. The van der Waals surface area contributed by atoms with Crippen LogP contribution in [0, 0.1) is 11.8 Å². The quantitative estimate of drug-likeness (QED) is 0.163. The normalized spacial score (nSPS) is 14.6. The molecule has 0 unspecified atom stereocenters. The van der Waals surface area contributed by atoms with Crippen molar-refractivity contribution in [1.29, 1.82) is 0 Å². The van der Waals surface area contributed by atoms with Gasteiger partial charge in [-0.2, -0.15) is 0 Å². The number of rotatable bonds is 16. The lowest BCUT2D eigenvalue weighted by atomic mass is 9.99. The number of amides is 4. The number of carbonyl (C=O) groups excluding carboxylic acids is 5. The molecule has 0 aliphatic rings. The van der Waals surface area contributed by atoms with Crippen molar-refractivity contribution in [3.63, 3.8) is 0 Å². The molecule has 12 heteroatoms. The third-order valence-corrected chi connectivity index (χ3v) is 5.21. The monoisotopic (exact) mass is 493 g/mol. The van der Waals surface area contributed by atoms with Gasteiger partial charge < -0.3 is 37.2 Å². The molecule has 0 radical (unpaired) electrons. The fourth-order valence-corrected chi connectivity index (χ4v) is 3.44. The molecule has 8 N–H and O–H groups in total. The Morgan fingerprint density at radius 3 is 1.97 bits per heavy atom. The minimum Gasteiger partial charge on any atom is -0.370 e. The van der Waals surface area contributed by atoms with Crippen LogP contribution in [0.25, 0.3) is 0 Å². The average molecular weight is 494 g/mol. The van der Waals surface area contributed by atoms with Gasteiger partial charge in [-0.25, -0.2) is 4.98 Å². The average Bonchev–Trinajstić information content (AvgIpc) is 3.27. The van der Waals surface area contributed by atoms with Crippen molar-refractivity contribution in [3.05, 3.63) is 18.2 Å². The van der Waals surface area contributed by atoms with Crippen LogP contribution in [0.4, 0.5) is 0 Å². The summed E-state index contributed by atoms with van der Waals surface area (Å²) in [6, 6.07) is -3.65. The third kappa shape index (κ3) is 11.6. The lowest BCUT2D eigenvalue weighted by Gasteiger charge is -2.26. The predicted molar refractivity (Wildman–Crippen MR) is 129 cm³/mol. The summed E-state index contributed by atoms with van der Waals surface area (Å²) in [5.74, 6) is -2.05. The van der Waals surface area contributed by atoms with Gasteiger partial charge in [0.05, 0.1) is 18.4 Å². The van der Waals surface area contributed by atoms with E-state index in [1.165, 1.54) is 6.33 Å². The van der Waals surface area contributed by atoms with E-state index < -0.39 is 47.8 Å². The number of aromatic nitrogens is 2. The molecule has 35 heavy (non-hydrogen) atoms. The minimum absolute atomic E-state index is 0.0484. The van der Waals surface area contributed by atoms with Gasteiger partial charge in [-0.05, 0) is 31.1 Å². The fraction of sp³-hybridized carbons (Fsp3) is 0.652. The molecule has 4 amide bonds. The third-order valence-electron chi connectivity index (χ3n) is 5.21. The molecule has 1 rings (SSSR count). The van der Waals surface area contributed by atoms with Crippen LogP contribution >= 0.6 is 0 Å². The molecule has 0 saturated carbocycles. The first-order valence-electron chi connectivity index (χ1n) is 11.8. The van der Waals surface area contributed by atoms with Gasteiger partial charge >= 0.3 is 0 Å². The molecule has 0 fully saturated rings. The van der Waals surface area contributed by atoms with Crippen LogP contribution in [-0.4, -0.2) is 64.1 Å². The second kappa shape index (κ2) is 14.9. The zero-order chi connectivity index (χ0) is 26.5. The molecule has 196 valence electrons. The van der Waals surface area contributed by atoms with Crippen molar-refractivity contribution in [1.82, 2.24) is 25.9 Å². The van der Waals surface area contributed by atoms with Gasteiger partial charge in [-0.15, -0.1) is 0 Å². The SMILES string of the molecule is CC(C)C[C@H](NC(=O)[C@H](CC(C)C)NC(=O)[C@@H](N)Cc1cnc[nH]1)C(=O)N[C@H](C=O)CCC(N)=O. The topological polar surface area (TPSA) is 202 Å². The second-order valence-electron chi connectivity index (χ2n) is 9.53. The van der Waals surface area contributed by atoms with Crippen molar-refractivity contribution in [2.24, 2.45) is 23.3 Å². The van der Waals surface area contributed by atoms with Gasteiger partial charge in [-0.3, -0.25) is 19.2 Å². The summed E-state index contributed by atoms with van der Waals surface area (Å²) in [5, 5.41) is 7.95. The molecule has 0 bridgehead atoms. The van der Waals surface area contributed by atoms with Crippen molar-refractivity contribution < 1.29 is 24.0 Å². The smallest absolute Gasteiger partial charge is 0.243 e. The van der Waals surface area contributed by atoms with Gasteiger partial charge in [-0.1, -0.05) is 27.7 Å². The second-order valence-corrected chi connectivity index (χ2v) is 9.53. The highest BCUT2D eigenvalue weighted by Gasteiger charge is 2.30. The fourth-order valence-electron chi connectivity index (χ4n) is 3.44. The van der Waals surface area contributed by atoms with Crippen molar-refractivity contribution in [3.8, 4) is 0 Å². The van der Waals surface area contributed by atoms with E-state index in [4.69, 9.17) is 11.5 Å². The molecule has 0 aliphatic heterocycles. The Kier molecular flexibility index (Phi) is 12.6. The number of H-pyrrole nitrogens is 1. The van der Waals surface area contributed by atoms with Crippen LogP contribution in [0.5, 0.6) is 0 Å². The van der Waals surface area contributed by atoms with E-state index in [2.05, 4.69) is 25.9 Å². The molecule has 4 atom stereocenters. The standard InChI is InChI=1S/C23H39N7O5/c1-13(2)7-18(22(34)28-15(11-31)5-6-20(25)32)30-23(35)19(8-14(3)4)29-21(33)17(24)9-16-10-26-12-27-16/h10-15,17-19H,5-9,24H2,1-4H3,(H2,25,32)(H,26,27)(H,28,34)(H,29,33)(H,30,35)/t15-,17-,18-,19-/m0/s1. The Morgan fingerprint density at radius 1 is 0.971 bits per heavy atom. The summed E-state index contributed by atoms with van der Waals surface area (Å²) in [4.78, 5) is 67.8. The highest BCUT2D eigenvalue weighted by atomic mass is 16.2. The number of hydrogen-bond donors (Lipinski definition) is 6. The molecule has 1 aromatic heterocycles. The largest absolute Gasteiger partial charge is 0.370 e. The Bertz CT molecular complexity index is 841. The number of imidazole rings is 1. The summed E-state index contributed by atoms with van der Waals surface area (Å²) in [5.41, 5.74) is 11.8. The van der Waals surface area contributed by atoms with Crippen LogP contribution in [-0.2, 0) is 30.4 Å². The van der Waals surface area contributed by atoms with E-state index >= 15 is 0 Å². The first-order valence-corrected chi connectivity index (χ1v) is 11.8. The van der Waals surface area contributed by atoms with Gasteiger partial charge in [0.1, 0.15) is 18.4 Å². The number of hydrogen-bond acceptors (Lipinski definition) is 7. The van der Waals surface area contributed by atoms with E-state index in [1.807, 2.05) is 27.7 Å². The predicted octanol–water partition coefficient (Wildman–Crippen LogP) is -0.709. The molecule has 12 nitrogen and oxygen atoms in total. The number of aldehydes is 1. The van der Waals surface area contributed by atoms with E-state index in [1.54, 1.807) is 6.20 Å². The van der Waals surface area contributed by atoms with E-state index in [0.717, 1.165) is 0 Å². The molecule has 1 aromatic rings. The number of nitrogens with two attached hydrogens (primary N) is 2. The molecular weight excluding hydrogens is 454 g/mol. The first-order chi connectivity index (χ1) is 16.4. The van der Waals surface area contributed by atoms with Crippen molar-refractivity contribution in [2.75, 3.05) is 0 Å². The Morgan fingerprint density at radius 2 is 1.51 bits per heavy atom. The zero-order valence-electron chi connectivity index (χ0n) is 20.9. The number of nitrogens with zero attached hydrogens (tertiary/aromatic N) is 1. The number of primary amides is 1. The maximum absolute atomic E-state index is 13.1. The molecule has 0 saturated heterocycles. The van der Waals surface area contributed by atoms with Gasteiger partial charge in [0.15, 0.2) is 0 Å². The van der Waals surface area contributed by atoms with E-state index in [-0.39, 0.29) is 31.1 Å². The van der Waals surface area contributed by atoms with Gasteiger partial charge in [0.25, 0.3) is 0 Å². The van der Waals surface area contributed by atoms with Crippen LogP contribution in [0.1, 0.15) is 59.1 Å². The first kappa shape index (κ1) is 29.8. The van der Waals surface area contributed by atoms with Crippen LogP contribution < -0.4 is 27.4 Å². The summed E-state index contributed by atoms with van der Waals surface area (Å²) >= 11 is 0. The highest BCUT2D eigenvalue weighted by Crippen LogP contribution is 2.10. The number of carbonyl (C=O) groups is 5. The lowest BCUT2D eigenvalue weighted by Crippen LogP contribution is -2.57. The minimum atomic E-state index is -0.941. The summed E-state index contributed by atoms with van der Waals surface area (Å²) < 4.78 is 0. The molecule has 0 aliphatic carbocycles. The Balaban J connectivity index is 2.89. The zero-order valence-corrected chi connectivity index (χ0v) is 20.9. The van der Waals surface area contributed by atoms with Crippen LogP contribution in [0.3, 0.4) is 0 Å². The Hall–Kier alpha value is -3.28. The molecular formula is C23H39N7O5. The number of aromatic amines is 1. The van der Waals surface area contributed by atoms with Crippen LogP contribution in [0.15, 0.2) is 12.5 Å². The van der Waals surface area contributed by atoms with Crippen molar-refractivity contribution in [2.45, 2.75) is 84.0 Å². The molecule has 0 spiro atoms. The van der Waals surface area contributed by atoms with E-state index in [9.17, 15) is 24.0 Å². The van der Waals surface area contributed by atoms with Gasteiger partial charge in [0.2, 0.25) is 23.6 Å². The molecule has 0 aromatic carbocycles. The summed E-state index contributed by atoms with van der Waals surface area (Å²) in [7, 11) is 0. The molecule has 1 heterocycles. The van der Waals surface area contributed by atoms with Crippen molar-refractivity contribution >= 4 is 29.9 Å². The van der Waals surface area contributed by atoms with E-state index in [0.29, 0.717) is 24.8 Å². The highest BCUT2D eigenvalue weighted by molar-refractivity contribution is 5.93. The van der Waals surface area contributed by atoms with Gasteiger partial charge in [0, 0.05) is 24.7 Å². The van der Waals surface area contributed by atoms with Crippen LogP contribution in [0.2, 0.25) is 0 Å². The maximum atomic E-state index is 13.1. The Labute approximate surface area is 205 Å².